The summed E-state index contributed by atoms with van der Waals surface area (Å²) >= 11 is 1.80. The minimum Gasteiger partial charge on any atom is -0.496 e. The lowest BCUT2D eigenvalue weighted by Crippen LogP contribution is -2.01. The van der Waals surface area contributed by atoms with Crippen LogP contribution in [0.4, 0.5) is 0 Å². The summed E-state index contributed by atoms with van der Waals surface area (Å²) in [5, 5.41) is 0. The van der Waals surface area contributed by atoms with E-state index in [0.29, 0.717) is 0 Å². The maximum absolute atomic E-state index is 5.40. The second-order valence-corrected chi connectivity index (χ2v) is 5.43. The highest BCUT2D eigenvalue weighted by molar-refractivity contribution is 7.99. The largest absolute Gasteiger partial charge is 0.496 e. The zero-order valence-corrected chi connectivity index (χ0v) is 11.3. The van der Waals surface area contributed by atoms with Crippen molar-refractivity contribution >= 4 is 17.3 Å². The zero-order chi connectivity index (χ0) is 12.7. The molecule has 2 aromatic carbocycles. The molecule has 0 fully saturated rings. The Kier molecular flexibility index (Phi) is 2.67. The second kappa shape index (κ2) is 4.21. The number of rotatable bonds is 1. The van der Waals surface area contributed by atoms with Crippen molar-refractivity contribution in [1.82, 2.24) is 0 Å². The summed E-state index contributed by atoms with van der Waals surface area (Å²) in [5.74, 6) is 0.926. The van der Waals surface area contributed by atoms with Crippen molar-refractivity contribution in [3.8, 4) is 5.75 Å². The first-order valence-electron chi connectivity index (χ1n) is 5.86. The molecular weight excluding hydrogens is 240 g/mol. The molecule has 1 aliphatic heterocycles. The Balaban J connectivity index is 2.23. The Morgan fingerprint density at radius 2 is 1.83 bits per heavy atom. The maximum atomic E-state index is 5.40. The number of fused-ring (bicyclic) bond motifs is 2. The van der Waals surface area contributed by atoms with Crippen LogP contribution in [-0.4, -0.2) is 7.11 Å². The average Bonchev–Trinajstić information content (AvgIpc) is 2.39. The van der Waals surface area contributed by atoms with Crippen molar-refractivity contribution < 1.29 is 4.74 Å². The van der Waals surface area contributed by atoms with Gasteiger partial charge in [-0.1, -0.05) is 36.5 Å². The minimum absolute atomic E-state index is 0.926. The number of methoxy groups -OCH3 is 1. The third kappa shape index (κ3) is 1.57. The van der Waals surface area contributed by atoms with E-state index in [2.05, 4.69) is 43.8 Å². The van der Waals surface area contributed by atoms with Gasteiger partial charge in [0.15, 0.2) is 0 Å². The van der Waals surface area contributed by atoms with Crippen LogP contribution in [0.5, 0.6) is 5.75 Å². The topological polar surface area (TPSA) is 9.23 Å². The van der Waals surface area contributed by atoms with Crippen LogP contribution in [0.25, 0.3) is 5.57 Å². The van der Waals surface area contributed by atoms with Gasteiger partial charge in [-0.2, -0.15) is 0 Å². The van der Waals surface area contributed by atoms with E-state index in [4.69, 9.17) is 4.74 Å². The lowest BCUT2D eigenvalue weighted by Gasteiger charge is -2.23. The van der Waals surface area contributed by atoms with Crippen LogP contribution in [0.3, 0.4) is 0 Å². The molecule has 0 aromatic heterocycles. The van der Waals surface area contributed by atoms with Gasteiger partial charge in [0.2, 0.25) is 0 Å². The summed E-state index contributed by atoms with van der Waals surface area (Å²) in [4.78, 5) is 2.54. The molecule has 1 heterocycles. The maximum Gasteiger partial charge on any atom is 0.122 e. The summed E-state index contributed by atoms with van der Waals surface area (Å²) in [6.45, 7) is 6.36. The van der Waals surface area contributed by atoms with Crippen LogP contribution < -0.4 is 4.74 Å². The third-order valence-corrected chi connectivity index (χ3v) is 4.47. The van der Waals surface area contributed by atoms with Gasteiger partial charge >= 0.3 is 0 Å². The first kappa shape index (κ1) is 11.4. The number of hydrogen-bond acceptors (Lipinski definition) is 2. The molecule has 0 N–H and O–H groups in total. The van der Waals surface area contributed by atoms with Gasteiger partial charge in [0.1, 0.15) is 5.75 Å². The molecule has 90 valence electrons. The van der Waals surface area contributed by atoms with Crippen LogP contribution in [0.1, 0.15) is 16.7 Å². The monoisotopic (exact) mass is 254 g/mol. The molecule has 0 bridgehead atoms. The Bertz CT molecular complexity index is 644. The Hall–Kier alpha value is -1.67. The molecule has 18 heavy (non-hydrogen) atoms. The summed E-state index contributed by atoms with van der Waals surface area (Å²) in [6.07, 6.45) is 0. The average molecular weight is 254 g/mol. The van der Waals surface area contributed by atoms with Crippen LogP contribution in [0, 0.1) is 6.92 Å². The number of hydrogen-bond donors (Lipinski definition) is 0. The predicted molar refractivity (Wildman–Crippen MR) is 76.4 cm³/mol. The minimum atomic E-state index is 0.926. The summed E-state index contributed by atoms with van der Waals surface area (Å²) in [6, 6.07) is 12.6. The fourth-order valence-corrected chi connectivity index (χ4v) is 3.61. The Morgan fingerprint density at radius 1 is 1.06 bits per heavy atom. The van der Waals surface area contributed by atoms with Crippen molar-refractivity contribution in [3.63, 3.8) is 0 Å². The number of ether oxygens (including phenoxy) is 1. The van der Waals surface area contributed by atoms with E-state index < -0.39 is 0 Å². The Morgan fingerprint density at radius 3 is 2.61 bits per heavy atom. The molecule has 1 aliphatic rings. The molecule has 0 spiro atoms. The van der Waals surface area contributed by atoms with Crippen molar-refractivity contribution in [1.29, 1.82) is 0 Å². The van der Waals surface area contributed by atoms with E-state index in [1.165, 1.54) is 26.5 Å². The van der Waals surface area contributed by atoms with E-state index in [0.717, 1.165) is 11.3 Å². The molecule has 3 rings (SSSR count). The molecule has 0 unspecified atom stereocenters. The first-order chi connectivity index (χ1) is 8.72. The number of benzene rings is 2. The van der Waals surface area contributed by atoms with Gasteiger partial charge in [0.25, 0.3) is 0 Å². The van der Waals surface area contributed by atoms with Gasteiger partial charge in [-0.15, -0.1) is 0 Å². The fraction of sp³-hybridized carbons (Fsp3) is 0.125. The molecule has 0 saturated carbocycles. The van der Waals surface area contributed by atoms with Gasteiger partial charge in [-0.05, 0) is 41.8 Å². The molecule has 0 radical (unpaired) electrons. The van der Waals surface area contributed by atoms with E-state index >= 15 is 0 Å². The van der Waals surface area contributed by atoms with Crippen molar-refractivity contribution in [2.24, 2.45) is 0 Å². The lowest BCUT2D eigenvalue weighted by atomic mass is 9.94. The standard InChI is InChI=1S/C16H14OS/c1-10-12-6-4-5-7-14(12)18-15-9-8-13(17-3)11(2)16(10)15/h4-9H,1H2,2-3H3. The highest BCUT2D eigenvalue weighted by Gasteiger charge is 2.22. The second-order valence-electron chi connectivity index (χ2n) is 4.34. The van der Waals surface area contributed by atoms with Gasteiger partial charge in [-0.3, -0.25) is 0 Å². The zero-order valence-electron chi connectivity index (χ0n) is 10.5. The van der Waals surface area contributed by atoms with Gasteiger partial charge in [0.05, 0.1) is 7.11 Å². The highest BCUT2D eigenvalue weighted by atomic mass is 32.2. The fourth-order valence-electron chi connectivity index (χ4n) is 2.41. The van der Waals surface area contributed by atoms with Gasteiger partial charge in [0, 0.05) is 15.4 Å². The highest BCUT2D eigenvalue weighted by Crippen LogP contribution is 2.47. The van der Waals surface area contributed by atoms with Gasteiger partial charge < -0.3 is 4.74 Å². The molecule has 2 aromatic rings. The van der Waals surface area contributed by atoms with Crippen molar-refractivity contribution in [2.75, 3.05) is 7.11 Å². The predicted octanol–water partition coefficient (Wildman–Crippen LogP) is 4.53. The van der Waals surface area contributed by atoms with Crippen LogP contribution >= 0.6 is 11.8 Å². The molecule has 1 nitrogen and oxygen atoms in total. The smallest absolute Gasteiger partial charge is 0.122 e. The van der Waals surface area contributed by atoms with Crippen LogP contribution in [0.15, 0.2) is 52.8 Å². The normalized spacial score (nSPS) is 12.9. The first-order valence-corrected chi connectivity index (χ1v) is 6.68. The summed E-state index contributed by atoms with van der Waals surface area (Å²) in [7, 11) is 1.71. The van der Waals surface area contributed by atoms with E-state index in [-0.39, 0.29) is 0 Å². The SMILES string of the molecule is C=C1c2ccccc2Sc2ccc(OC)c(C)c21. The molecule has 0 saturated heterocycles. The lowest BCUT2D eigenvalue weighted by molar-refractivity contribution is 0.411. The summed E-state index contributed by atoms with van der Waals surface area (Å²) in [5.41, 5.74) is 4.71. The molecular formula is C16H14OS. The van der Waals surface area contributed by atoms with Crippen molar-refractivity contribution in [3.05, 3.63) is 59.7 Å². The van der Waals surface area contributed by atoms with E-state index in [9.17, 15) is 0 Å². The van der Waals surface area contributed by atoms with Crippen LogP contribution in [-0.2, 0) is 0 Å². The molecule has 2 heteroatoms. The van der Waals surface area contributed by atoms with E-state index in [1.807, 2.05) is 6.07 Å². The van der Waals surface area contributed by atoms with Gasteiger partial charge in [-0.25, -0.2) is 0 Å². The van der Waals surface area contributed by atoms with E-state index in [1.54, 1.807) is 18.9 Å². The molecule has 0 aliphatic carbocycles. The van der Waals surface area contributed by atoms with Crippen LogP contribution in [0.2, 0.25) is 0 Å². The quantitative estimate of drug-likeness (QED) is 0.631. The Labute approximate surface area is 111 Å². The summed E-state index contributed by atoms with van der Waals surface area (Å²) < 4.78 is 5.40. The third-order valence-electron chi connectivity index (χ3n) is 3.33. The molecule has 0 atom stereocenters. The molecule has 0 amide bonds. The van der Waals surface area contributed by atoms with Crippen molar-refractivity contribution in [2.45, 2.75) is 16.7 Å².